The first kappa shape index (κ1) is 21.1. The maximum Gasteiger partial charge on any atom is 0.262 e. The summed E-state index contributed by atoms with van der Waals surface area (Å²) in [6.45, 7) is 6.74. The Balaban J connectivity index is 1.99. The molecule has 27 heavy (non-hydrogen) atoms. The van der Waals surface area contributed by atoms with Crippen molar-refractivity contribution in [2.24, 2.45) is 0 Å². The zero-order chi connectivity index (χ0) is 19.8. The Bertz CT molecular complexity index is 763. The van der Waals surface area contributed by atoms with Crippen LogP contribution in [0.3, 0.4) is 0 Å². The standard InChI is InChI=1S/C21H27ClN2O3/c1-5-15(3)23-12-16-10-19(26-4)20(11-18(16)22)27-13-21(25)24-17-8-6-14(2)7-9-17/h6-11,15,23H,5,12-13H2,1-4H3,(H,24,25). The quantitative estimate of drug-likeness (QED) is 0.658. The molecule has 0 saturated heterocycles. The predicted molar refractivity (Wildman–Crippen MR) is 110 cm³/mol. The highest BCUT2D eigenvalue weighted by molar-refractivity contribution is 6.31. The number of hydrogen-bond acceptors (Lipinski definition) is 4. The van der Waals surface area contributed by atoms with Gasteiger partial charge in [-0.3, -0.25) is 4.79 Å². The molecule has 5 nitrogen and oxygen atoms in total. The summed E-state index contributed by atoms with van der Waals surface area (Å²) < 4.78 is 11.0. The molecule has 0 aliphatic rings. The van der Waals surface area contributed by atoms with E-state index in [1.54, 1.807) is 13.2 Å². The van der Waals surface area contributed by atoms with Crippen LogP contribution in [-0.4, -0.2) is 25.7 Å². The van der Waals surface area contributed by atoms with Gasteiger partial charge in [-0.2, -0.15) is 0 Å². The highest BCUT2D eigenvalue weighted by atomic mass is 35.5. The lowest BCUT2D eigenvalue weighted by Gasteiger charge is -2.16. The van der Waals surface area contributed by atoms with Crippen molar-refractivity contribution < 1.29 is 14.3 Å². The molecule has 0 saturated carbocycles. The van der Waals surface area contributed by atoms with E-state index in [4.69, 9.17) is 21.1 Å². The smallest absolute Gasteiger partial charge is 0.262 e. The van der Waals surface area contributed by atoms with E-state index in [9.17, 15) is 4.79 Å². The molecule has 1 unspecified atom stereocenters. The Kier molecular flexibility index (Phi) is 7.95. The molecule has 1 amide bonds. The minimum Gasteiger partial charge on any atom is -0.493 e. The maximum absolute atomic E-state index is 12.1. The summed E-state index contributed by atoms with van der Waals surface area (Å²) in [5.41, 5.74) is 2.78. The van der Waals surface area contributed by atoms with Gasteiger partial charge in [0.25, 0.3) is 5.91 Å². The maximum atomic E-state index is 12.1. The molecule has 0 heterocycles. The third kappa shape index (κ3) is 6.45. The number of benzene rings is 2. The predicted octanol–water partition coefficient (Wildman–Crippen LogP) is 4.56. The van der Waals surface area contributed by atoms with E-state index in [1.165, 1.54) is 0 Å². The third-order valence-corrected chi connectivity index (χ3v) is 4.63. The molecule has 2 rings (SSSR count). The molecule has 2 N–H and O–H groups in total. The van der Waals surface area contributed by atoms with Crippen molar-refractivity contribution in [2.45, 2.75) is 39.8 Å². The van der Waals surface area contributed by atoms with Crippen LogP contribution in [0.15, 0.2) is 36.4 Å². The minimum atomic E-state index is -0.250. The Morgan fingerprint density at radius 1 is 1.19 bits per heavy atom. The Morgan fingerprint density at radius 2 is 1.89 bits per heavy atom. The van der Waals surface area contributed by atoms with Gasteiger partial charge in [0.2, 0.25) is 0 Å². The number of methoxy groups -OCH3 is 1. The summed E-state index contributed by atoms with van der Waals surface area (Å²) in [6, 6.07) is 11.5. The van der Waals surface area contributed by atoms with Gasteiger partial charge in [0.05, 0.1) is 7.11 Å². The number of halogens is 1. The first-order valence-electron chi connectivity index (χ1n) is 9.02. The molecule has 0 aliphatic heterocycles. The summed E-state index contributed by atoms with van der Waals surface area (Å²) in [4.78, 5) is 12.1. The minimum absolute atomic E-state index is 0.134. The van der Waals surface area contributed by atoms with E-state index in [0.29, 0.717) is 29.1 Å². The van der Waals surface area contributed by atoms with Gasteiger partial charge in [-0.25, -0.2) is 0 Å². The number of rotatable bonds is 9. The lowest BCUT2D eigenvalue weighted by Crippen LogP contribution is -2.24. The summed E-state index contributed by atoms with van der Waals surface area (Å²) in [7, 11) is 1.56. The Morgan fingerprint density at radius 3 is 2.52 bits per heavy atom. The number of ether oxygens (including phenoxy) is 2. The van der Waals surface area contributed by atoms with Crippen LogP contribution >= 0.6 is 11.6 Å². The van der Waals surface area contributed by atoms with Crippen molar-refractivity contribution in [3.8, 4) is 11.5 Å². The van der Waals surface area contributed by atoms with Crippen molar-refractivity contribution >= 4 is 23.2 Å². The highest BCUT2D eigenvalue weighted by Gasteiger charge is 2.13. The van der Waals surface area contributed by atoms with Crippen LogP contribution in [0.2, 0.25) is 5.02 Å². The number of amides is 1. The van der Waals surface area contributed by atoms with Gasteiger partial charge < -0.3 is 20.1 Å². The Hall–Kier alpha value is -2.24. The van der Waals surface area contributed by atoms with E-state index in [1.807, 2.05) is 37.3 Å². The fourth-order valence-electron chi connectivity index (χ4n) is 2.39. The van der Waals surface area contributed by atoms with E-state index in [-0.39, 0.29) is 12.5 Å². The average molecular weight is 391 g/mol. The largest absolute Gasteiger partial charge is 0.493 e. The zero-order valence-electron chi connectivity index (χ0n) is 16.3. The van der Waals surface area contributed by atoms with Crippen LogP contribution in [0.4, 0.5) is 5.69 Å². The topological polar surface area (TPSA) is 59.6 Å². The average Bonchev–Trinajstić information content (AvgIpc) is 2.67. The van der Waals surface area contributed by atoms with Crippen molar-refractivity contribution in [3.63, 3.8) is 0 Å². The molecule has 6 heteroatoms. The van der Waals surface area contributed by atoms with Gasteiger partial charge in [-0.05, 0) is 44.0 Å². The number of carbonyl (C=O) groups excluding carboxylic acids is 1. The van der Waals surface area contributed by atoms with Gasteiger partial charge in [-0.15, -0.1) is 0 Å². The molecule has 0 spiro atoms. The number of anilines is 1. The fourth-order valence-corrected chi connectivity index (χ4v) is 2.61. The fraction of sp³-hybridized carbons (Fsp3) is 0.381. The van der Waals surface area contributed by atoms with E-state index in [0.717, 1.165) is 23.2 Å². The molecule has 0 bridgehead atoms. The number of aryl methyl sites for hydroxylation is 1. The van der Waals surface area contributed by atoms with E-state index < -0.39 is 0 Å². The van der Waals surface area contributed by atoms with Gasteiger partial charge in [-0.1, -0.05) is 36.2 Å². The second-order valence-corrected chi connectivity index (χ2v) is 6.89. The summed E-state index contributed by atoms with van der Waals surface area (Å²) >= 11 is 6.37. The second kappa shape index (κ2) is 10.2. The molecule has 0 aliphatic carbocycles. The lowest BCUT2D eigenvalue weighted by molar-refractivity contribution is -0.118. The molecule has 146 valence electrons. The molecular weight excluding hydrogens is 364 g/mol. The van der Waals surface area contributed by atoms with Crippen LogP contribution in [0.1, 0.15) is 31.4 Å². The van der Waals surface area contributed by atoms with Crippen molar-refractivity contribution in [3.05, 3.63) is 52.5 Å². The molecule has 0 fully saturated rings. The highest BCUT2D eigenvalue weighted by Crippen LogP contribution is 2.33. The SMILES string of the molecule is CCC(C)NCc1cc(OC)c(OCC(=O)Nc2ccc(C)cc2)cc1Cl. The zero-order valence-corrected chi connectivity index (χ0v) is 17.0. The third-order valence-electron chi connectivity index (χ3n) is 4.28. The second-order valence-electron chi connectivity index (χ2n) is 6.49. The molecule has 2 aromatic carbocycles. The van der Waals surface area contributed by atoms with Crippen LogP contribution in [0.25, 0.3) is 0 Å². The van der Waals surface area contributed by atoms with Crippen LogP contribution < -0.4 is 20.1 Å². The molecule has 2 aromatic rings. The van der Waals surface area contributed by atoms with E-state index in [2.05, 4.69) is 24.5 Å². The van der Waals surface area contributed by atoms with Gasteiger partial charge in [0.15, 0.2) is 18.1 Å². The molecular formula is C21H27ClN2O3. The monoisotopic (exact) mass is 390 g/mol. The van der Waals surface area contributed by atoms with Crippen molar-refractivity contribution in [2.75, 3.05) is 19.0 Å². The number of carbonyl (C=O) groups is 1. The summed E-state index contributed by atoms with van der Waals surface area (Å²) in [5.74, 6) is 0.733. The molecule has 1 atom stereocenters. The van der Waals surface area contributed by atoms with Gasteiger partial charge >= 0.3 is 0 Å². The first-order valence-corrected chi connectivity index (χ1v) is 9.39. The van der Waals surface area contributed by atoms with Crippen molar-refractivity contribution in [1.82, 2.24) is 5.32 Å². The Labute approximate surface area is 166 Å². The normalized spacial score (nSPS) is 11.7. The molecule has 0 aromatic heterocycles. The number of hydrogen-bond donors (Lipinski definition) is 2. The molecule has 0 radical (unpaired) electrons. The first-order chi connectivity index (χ1) is 12.9. The van der Waals surface area contributed by atoms with Gasteiger partial charge in [0, 0.05) is 29.4 Å². The van der Waals surface area contributed by atoms with E-state index >= 15 is 0 Å². The summed E-state index contributed by atoms with van der Waals surface area (Å²) in [6.07, 6.45) is 1.03. The van der Waals surface area contributed by atoms with Crippen LogP contribution in [-0.2, 0) is 11.3 Å². The number of nitrogens with one attached hydrogen (secondary N) is 2. The van der Waals surface area contributed by atoms with Crippen molar-refractivity contribution in [1.29, 1.82) is 0 Å². The van der Waals surface area contributed by atoms with Crippen LogP contribution in [0.5, 0.6) is 11.5 Å². The van der Waals surface area contributed by atoms with Gasteiger partial charge in [0.1, 0.15) is 0 Å². The summed E-state index contributed by atoms with van der Waals surface area (Å²) in [5, 5.41) is 6.76. The lowest BCUT2D eigenvalue weighted by atomic mass is 10.1. The van der Waals surface area contributed by atoms with Crippen LogP contribution in [0, 0.1) is 6.92 Å².